The normalized spacial score (nSPS) is 14.8. The van der Waals surface area contributed by atoms with E-state index in [-0.39, 0.29) is 11.6 Å². The molecule has 1 aliphatic rings. The summed E-state index contributed by atoms with van der Waals surface area (Å²) < 4.78 is 33.6. The highest BCUT2D eigenvalue weighted by Gasteiger charge is 2.24. The van der Waals surface area contributed by atoms with Crippen LogP contribution in [-0.4, -0.2) is 18.4 Å². The Kier molecular flexibility index (Phi) is 7.36. The summed E-state index contributed by atoms with van der Waals surface area (Å²) >= 11 is 0. The average molecular weight is 497 g/mol. The van der Waals surface area contributed by atoms with Gasteiger partial charge in [0.05, 0.1) is 18.2 Å². The van der Waals surface area contributed by atoms with Gasteiger partial charge in [0.15, 0.2) is 0 Å². The number of nitrogens with zero attached hydrogens (tertiary/aromatic N) is 1. The predicted molar refractivity (Wildman–Crippen MR) is 142 cm³/mol. The molecule has 0 radical (unpaired) electrons. The highest BCUT2D eigenvalue weighted by atomic mass is 19.1. The van der Waals surface area contributed by atoms with E-state index in [9.17, 15) is 13.6 Å². The lowest BCUT2D eigenvalue weighted by atomic mass is 9.99. The zero-order chi connectivity index (χ0) is 25.6. The highest BCUT2D eigenvalue weighted by Crippen LogP contribution is 2.33. The molecule has 0 saturated carbocycles. The number of ether oxygens (including phenoxy) is 1. The van der Waals surface area contributed by atoms with Crippen molar-refractivity contribution in [3.05, 3.63) is 125 Å². The second kappa shape index (κ2) is 11.2. The number of nitrogens with one attached hydrogen (secondary N) is 1. The first kappa shape index (κ1) is 24.4. The number of amides is 1. The van der Waals surface area contributed by atoms with Gasteiger partial charge in [0.1, 0.15) is 11.6 Å². The molecule has 0 aliphatic carbocycles. The summed E-state index contributed by atoms with van der Waals surface area (Å²) in [6.07, 6.45) is 1.42. The van der Waals surface area contributed by atoms with E-state index in [4.69, 9.17) is 4.74 Å². The molecule has 4 aromatic carbocycles. The molecule has 0 bridgehead atoms. The van der Waals surface area contributed by atoms with Crippen LogP contribution < -0.4 is 5.32 Å². The van der Waals surface area contributed by atoms with Crippen LogP contribution in [0.25, 0.3) is 11.1 Å². The summed E-state index contributed by atoms with van der Waals surface area (Å²) in [5.41, 5.74) is 5.25. The maximum Gasteiger partial charge on any atom is 0.411 e. The number of carbonyl (C=O) groups excluding carboxylic acids is 1. The molecule has 5 rings (SSSR count). The minimum atomic E-state index is -0.576. The molecule has 1 amide bonds. The number of carbonyl (C=O) groups is 1. The van der Waals surface area contributed by atoms with Crippen molar-refractivity contribution in [3.8, 4) is 11.1 Å². The number of halogens is 2. The summed E-state index contributed by atoms with van der Waals surface area (Å²) in [6, 6.07) is 29.2. The number of benzene rings is 4. The van der Waals surface area contributed by atoms with Crippen LogP contribution in [0.15, 0.2) is 102 Å². The topological polar surface area (TPSA) is 50.7 Å². The number of hydrogen-bond donors (Lipinski definition) is 1. The third-order valence-corrected chi connectivity index (χ3v) is 6.44. The molecule has 1 N–H and O–H groups in total. The second-order valence-corrected chi connectivity index (χ2v) is 8.92. The molecule has 37 heavy (non-hydrogen) atoms. The lowest BCUT2D eigenvalue weighted by Crippen LogP contribution is -2.15. The molecule has 4 nitrogen and oxygen atoms in total. The van der Waals surface area contributed by atoms with E-state index in [2.05, 4.69) is 10.3 Å². The van der Waals surface area contributed by atoms with E-state index < -0.39 is 17.7 Å². The molecule has 186 valence electrons. The van der Waals surface area contributed by atoms with E-state index in [1.165, 1.54) is 18.2 Å². The van der Waals surface area contributed by atoms with Crippen LogP contribution in [0.1, 0.15) is 35.6 Å². The Morgan fingerprint density at radius 1 is 0.838 bits per heavy atom. The Balaban J connectivity index is 1.17. The van der Waals surface area contributed by atoms with Crippen molar-refractivity contribution >= 4 is 17.5 Å². The SMILES string of the molecule is O=C(Nc1ccc(-c2ccc(C3CCC(c4c(F)cccc4F)=N3)cc2)cc1)OCCc1ccccc1. The Bertz CT molecular complexity index is 1380. The number of rotatable bonds is 7. The van der Waals surface area contributed by atoms with Crippen LogP contribution in [0.4, 0.5) is 19.3 Å². The zero-order valence-electron chi connectivity index (χ0n) is 20.2. The minimum absolute atomic E-state index is 0.0182. The van der Waals surface area contributed by atoms with Gasteiger partial charge in [-0.3, -0.25) is 10.3 Å². The smallest absolute Gasteiger partial charge is 0.411 e. The largest absolute Gasteiger partial charge is 0.449 e. The van der Waals surface area contributed by atoms with Gasteiger partial charge >= 0.3 is 6.09 Å². The molecule has 0 saturated heterocycles. The standard InChI is InChI=1S/C31H26F2N2O2/c32-26-7-4-8-27(33)30(26)29-18-17-28(35-29)24-11-9-22(10-12-24)23-13-15-25(16-14-23)34-31(36)37-20-19-21-5-2-1-3-6-21/h1-16,28H,17-20H2,(H,34,36). The van der Waals surface area contributed by atoms with Crippen LogP contribution in [0.5, 0.6) is 0 Å². The van der Waals surface area contributed by atoms with Crippen LogP contribution >= 0.6 is 0 Å². The van der Waals surface area contributed by atoms with E-state index in [0.29, 0.717) is 37.3 Å². The lowest BCUT2D eigenvalue weighted by Gasteiger charge is -2.10. The van der Waals surface area contributed by atoms with Crippen molar-refractivity contribution in [3.63, 3.8) is 0 Å². The molecule has 4 aromatic rings. The third-order valence-electron chi connectivity index (χ3n) is 6.44. The second-order valence-electron chi connectivity index (χ2n) is 8.92. The van der Waals surface area contributed by atoms with Crippen LogP contribution in [0.3, 0.4) is 0 Å². The molecule has 6 heteroatoms. The fourth-order valence-corrected chi connectivity index (χ4v) is 4.50. The molecule has 1 aliphatic heterocycles. The molecule has 1 atom stereocenters. The van der Waals surface area contributed by atoms with Crippen LogP contribution in [0, 0.1) is 11.6 Å². The van der Waals surface area contributed by atoms with Gasteiger partial charge in [-0.1, -0.05) is 72.8 Å². The summed E-state index contributed by atoms with van der Waals surface area (Å²) in [6.45, 7) is 0.308. The summed E-state index contributed by atoms with van der Waals surface area (Å²) in [5, 5.41) is 2.75. The Labute approximate surface area is 214 Å². The van der Waals surface area contributed by atoms with Gasteiger partial charge < -0.3 is 4.74 Å². The summed E-state index contributed by atoms with van der Waals surface area (Å²) in [7, 11) is 0. The molecule has 1 unspecified atom stereocenters. The van der Waals surface area contributed by atoms with Gasteiger partial charge in [-0.15, -0.1) is 0 Å². The quantitative estimate of drug-likeness (QED) is 0.284. The van der Waals surface area contributed by atoms with Crippen LogP contribution in [0.2, 0.25) is 0 Å². The fourth-order valence-electron chi connectivity index (χ4n) is 4.50. The van der Waals surface area contributed by atoms with Crippen molar-refractivity contribution in [2.24, 2.45) is 4.99 Å². The highest BCUT2D eigenvalue weighted by molar-refractivity contribution is 6.02. The monoisotopic (exact) mass is 496 g/mol. The van der Waals surface area contributed by atoms with Gasteiger partial charge in [-0.2, -0.15) is 0 Å². The van der Waals surface area contributed by atoms with E-state index in [0.717, 1.165) is 22.3 Å². The Hall–Kier alpha value is -4.32. The average Bonchev–Trinajstić information content (AvgIpc) is 3.40. The van der Waals surface area contributed by atoms with Gasteiger partial charge in [-0.25, -0.2) is 13.6 Å². The molecule has 1 heterocycles. The lowest BCUT2D eigenvalue weighted by molar-refractivity contribution is 0.163. The van der Waals surface area contributed by atoms with E-state index in [1.807, 2.05) is 78.9 Å². The molecule has 0 fully saturated rings. The maximum absolute atomic E-state index is 14.1. The number of hydrogen-bond acceptors (Lipinski definition) is 3. The Morgan fingerprint density at radius 2 is 1.49 bits per heavy atom. The first-order valence-corrected chi connectivity index (χ1v) is 12.3. The van der Waals surface area contributed by atoms with Gasteiger partial charge in [0, 0.05) is 17.8 Å². The fraction of sp³-hybridized carbons (Fsp3) is 0.161. The minimum Gasteiger partial charge on any atom is -0.449 e. The maximum atomic E-state index is 14.1. The molecule has 0 aromatic heterocycles. The number of anilines is 1. The number of aliphatic imine (C=N–C) groups is 1. The van der Waals surface area contributed by atoms with E-state index >= 15 is 0 Å². The predicted octanol–water partition coefficient (Wildman–Crippen LogP) is 7.75. The van der Waals surface area contributed by atoms with Crippen LogP contribution in [-0.2, 0) is 11.2 Å². The van der Waals surface area contributed by atoms with Crippen molar-refractivity contribution in [2.45, 2.75) is 25.3 Å². The summed E-state index contributed by atoms with van der Waals surface area (Å²) in [4.78, 5) is 16.7. The van der Waals surface area contributed by atoms with Gasteiger partial charge in [0.25, 0.3) is 0 Å². The Morgan fingerprint density at radius 3 is 2.16 bits per heavy atom. The van der Waals surface area contributed by atoms with Gasteiger partial charge in [-0.05, 0) is 59.4 Å². The third kappa shape index (κ3) is 5.92. The van der Waals surface area contributed by atoms with Gasteiger partial charge in [0.2, 0.25) is 0 Å². The molecule has 0 spiro atoms. The van der Waals surface area contributed by atoms with Crippen molar-refractivity contribution in [2.75, 3.05) is 11.9 Å². The van der Waals surface area contributed by atoms with E-state index in [1.54, 1.807) is 0 Å². The first-order valence-electron chi connectivity index (χ1n) is 12.3. The molecular weight excluding hydrogens is 470 g/mol. The molecular formula is C31H26F2N2O2. The van der Waals surface area contributed by atoms with Crippen molar-refractivity contribution in [1.29, 1.82) is 0 Å². The first-order chi connectivity index (χ1) is 18.1. The summed E-state index contributed by atoms with van der Waals surface area (Å²) in [5.74, 6) is -1.15. The zero-order valence-corrected chi connectivity index (χ0v) is 20.2. The van der Waals surface area contributed by atoms with Crippen molar-refractivity contribution in [1.82, 2.24) is 0 Å². The van der Waals surface area contributed by atoms with Crippen molar-refractivity contribution < 1.29 is 18.3 Å².